The minimum Gasteiger partial charge on any atom is -1.00 e. The fourth-order valence-electron chi connectivity index (χ4n) is 2.79. The van der Waals surface area contributed by atoms with E-state index in [2.05, 4.69) is 38.1 Å². The van der Waals surface area contributed by atoms with E-state index in [4.69, 9.17) is 14.2 Å². The van der Waals surface area contributed by atoms with Crippen LogP contribution in [0.2, 0.25) is 0 Å². The van der Waals surface area contributed by atoms with Gasteiger partial charge in [-0.2, -0.15) is 6.08 Å². The van der Waals surface area contributed by atoms with Crippen molar-refractivity contribution >= 4 is 24.8 Å². The van der Waals surface area contributed by atoms with E-state index in [1.165, 1.54) is 8.59 Å². The molecule has 0 heterocycles. The van der Waals surface area contributed by atoms with E-state index >= 15 is 0 Å². The second-order valence-electron chi connectivity index (χ2n) is 6.40. The van der Waals surface area contributed by atoms with E-state index in [1.807, 2.05) is 36.4 Å². The Morgan fingerprint density at radius 3 is 1.97 bits per heavy atom. The summed E-state index contributed by atoms with van der Waals surface area (Å²) in [7, 11) is 4.98. The van der Waals surface area contributed by atoms with Crippen molar-refractivity contribution in [1.82, 2.24) is 0 Å². The molecular weight excluding hydrogens is 498 g/mol. The Morgan fingerprint density at radius 2 is 1.50 bits per heavy atom. The number of ether oxygens (including phenoxy) is 3. The van der Waals surface area contributed by atoms with E-state index in [0.29, 0.717) is 0 Å². The van der Waals surface area contributed by atoms with Gasteiger partial charge in [0.2, 0.25) is 0 Å². The zero-order valence-electron chi connectivity index (χ0n) is 17.9. The molecule has 4 rings (SSSR count). The fraction of sp³-hybridized carbons (Fsp3) is 0.250. The molecule has 0 fully saturated rings. The van der Waals surface area contributed by atoms with Crippen LogP contribution in [-0.2, 0) is 24.2 Å². The molecular formula is C24H26Cl2O3Zr-2. The van der Waals surface area contributed by atoms with Crippen LogP contribution in [0.4, 0.5) is 0 Å². The minimum atomic E-state index is 0. The Balaban J connectivity index is 0.000000645. The Hall–Kier alpha value is -1.48. The summed E-state index contributed by atoms with van der Waals surface area (Å²) >= 11 is 1.55. The SMILES string of the molecule is COc1ccc2c(c1)[cH-]c1cc(OC)c(OC)cc12.C[C](C)=[Zr+2].[C-]1=CC=CC1.[Cl-].[Cl-]. The van der Waals surface area contributed by atoms with Gasteiger partial charge < -0.3 is 39.0 Å². The third-order valence-electron chi connectivity index (χ3n) is 4.00. The number of allylic oxidation sites excluding steroid dienone is 4. The van der Waals surface area contributed by atoms with Gasteiger partial charge in [0.1, 0.15) is 11.5 Å². The van der Waals surface area contributed by atoms with Crippen molar-refractivity contribution in [2.24, 2.45) is 0 Å². The summed E-state index contributed by atoms with van der Waals surface area (Å²) in [6.45, 7) is 4.25. The molecule has 0 spiro atoms. The van der Waals surface area contributed by atoms with Gasteiger partial charge in [-0.25, -0.2) is 12.2 Å². The molecule has 1 aliphatic carbocycles. The van der Waals surface area contributed by atoms with Crippen LogP contribution >= 0.6 is 0 Å². The van der Waals surface area contributed by atoms with Crippen LogP contribution in [0.3, 0.4) is 0 Å². The molecule has 0 aromatic heterocycles. The summed E-state index contributed by atoms with van der Waals surface area (Å²) in [5.41, 5.74) is 0. The third-order valence-corrected chi connectivity index (χ3v) is 4.00. The Morgan fingerprint density at radius 1 is 0.900 bits per heavy atom. The van der Waals surface area contributed by atoms with Crippen molar-refractivity contribution in [3.63, 3.8) is 0 Å². The Bertz CT molecular complexity index is 993. The van der Waals surface area contributed by atoms with E-state index < -0.39 is 0 Å². The molecule has 0 atom stereocenters. The fourth-order valence-corrected chi connectivity index (χ4v) is 2.79. The standard InChI is InChI=1S/C16H15O3.C5H5.C3H6.2ClH.Zr/c1-17-12-4-5-13-10(7-12)6-11-8-15(18-2)16(19-3)9-14(11)13;1-2-4-5-3-1;1-3-2;;;/h4-9H,1-3H3;1-3H,4H2;1-2H3;2*1H;/q2*-1;;;;+2/p-2. The largest absolute Gasteiger partial charge is 1.00 e. The number of methoxy groups -OCH3 is 3. The number of hydrogen-bond acceptors (Lipinski definition) is 3. The summed E-state index contributed by atoms with van der Waals surface area (Å²) in [6.07, 6.45) is 10.0. The number of halogens is 2. The molecule has 0 radical (unpaired) electrons. The molecule has 3 nitrogen and oxygen atoms in total. The van der Waals surface area contributed by atoms with Gasteiger partial charge in [0.25, 0.3) is 0 Å². The van der Waals surface area contributed by atoms with Gasteiger partial charge in [-0.15, -0.1) is 34.0 Å². The Labute approximate surface area is 206 Å². The first-order valence-corrected chi connectivity index (χ1v) is 10.3. The number of benzene rings is 2. The van der Waals surface area contributed by atoms with Crippen LogP contribution in [0.15, 0.2) is 54.6 Å². The summed E-state index contributed by atoms with van der Waals surface area (Å²) in [6, 6.07) is 12.2. The summed E-state index contributed by atoms with van der Waals surface area (Å²) in [4.78, 5) is 0. The van der Waals surface area contributed by atoms with Crippen molar-refractivity contribution < 1.29 is 63.3 Å². The van der Waals surface area contributed by atoms with Crippen LogP contribution in [0.1, 0.15) is 20.3 Å². The van der Waals surface area contributed by atoms with Crippen LogP contribution in [0.5, 0.6) is 17.2 Å². The van der Waals surface area contributed by atoms with E-state index in [0.717, 1.165) is 39.8 Å². The van der Waals surface area contributed by atoms with E-state index in [9.17, 15) is 0 Å². The molecule has 0 saturated heterocycles. The minimum absolute atomic E-state index is 0. The maximum absolute atomic E-state index is 5.36. The number of hydrogen-bond donors (Lipinski definition) is 0. The Kier molecular flexibility index (Phi) is 13.8. The van der Waals surface area contributed by atoms with Crippen molar-refractivity contribution in [2.45, 2.75) is 20.3 Å². The first kappa shape index (κ1) is 28.5. The zero-order valence-corrected chi connectivity index (χ0v) is 21.9. The van der Waals surface area contributed by atoms with Crippen LogP contribution in [0, 0.1) is 6.08 Å². The zero-order chi connectivity index (χ0) is 20.5. The van der Waals surface area contributed by atoms with Crippen LogP contribution < -0.4 is 39.0 Å². The van der Waals surface area contributed by atoms with Crippen molar-refractivity contribution in [3.8, 4) is 17.2 Å². The average Bonchev–Trinajstić information content (AvgIpc) is 3.36. The normalized spacial score (nSPS) is 10.8. The molecule has 0 bridgehead atoms. The molecule has 0 amide bonds. The summed E-state index contributed by atoms with van der Waals surface area (Å²) in [5, 5.41) is 4.65. The molecule has 30 heavy (non-hydrogen) atoms. The quantitative estimate of drug-likeness (QED) is 0.445. The van der Waals surface area contributed by atoms with Gasteiger partial charge >= 0.3 is 41.3 Å². The monoisotopic (exact) mass is 522 g/mol. The third kappa shape index (κ3) is 7.98. The first-order valence-electron chi connectivity index (χ1n) is 9.02. The predicted molar refractivity (Wildman–Crippen MR) is 115 cm³/mol. The van der Waals surface area contributed by atoms with Gasteiger partial charge in [-0.3, -0.25) is 6.08 Å². The maximum Gasteiger partial charge on any atom is -0.109 e. The molecule has 0 unspecified atom stereocenters. The molecule has 160 valence electrons. The topological polar surface area (TPSA) is 27.7 Å². The smallest absolute Gasteiger partial charge is 0.109 e. The van der Waals surface area contributed by atoms with Gasteiger partial charge in [0, 0.05) is 0 Å². The van der Waals surface area contributed by atoms with E-state index in [-0.39, 0.29) is 24.8 Å². The van der Waals surface area contributed by atoms with Gasteiger partial charge in [0.15, 0.2) is 0 Å². The van der Waals surface area contributed by atoms with Crippen LogP contribution in [-0.4, -0.2) is 24.5 Å². The molecule has 0 N–H and O–H groups in total. The second kappa shape index (κ2) is 14.5. The second-order valence-corrected chi connectivity index (χ2v) is 8.85. The summed E-state index contributed by atoms with van der Waals surface area (Å²) < 4.78 is 17.5. The van der Waals surface area contributed by atoms with E-state index in [1.54, 1.807) is 45.6 Å². The van der Waals surface area contributed by atoms with Crippen molar-refractivity contribution in [2.75, 3.05) is 21.3 Å². The molecule has 6 heteroatoms. The molecule has 3 aromatic rings. The maximum atomic E-state index is 5.36. The van der Waals surface area contributed by atoms with Gasteiger partial charge in [0.05, 0.1) is 27.1 Å². The number of rotatable bonds is 3. The molecule has 0 saturated carbocycles. The molecule has 0 aliphatic heterocycles. The molecule has 1 aliphatic rings. The first-order chi connectivity index (χ1) is 13.5. The summed E-state index contributed by atoms with van der Waals surface area (Å²) in [5.74, 6) is 2.36. The van der Waals surface area contributed by atoms with Gasteiger partial charge in [-0.05, 0) is 12.1 Å². The van der Waals surface area contributed by atoms with Gasteiger partial charge in [-0.1, -0.05) is 18.2 Å². The van der Waals surface area contributed by atoms with Crippen molar-refractivity contribution in [3.05, 3.63) is 60.7 Å². The number of fused-ring (bicyclic) bond motifs is 3. The average molecular weight is 525 g/mol. The molecule has 3 aromatic carbocycles. The predicted octanol–water partition coefficient (Wildman–Crippen LogP) is -0.203. The van der Waals surface area contributed by atoms with Crippen molar-refractivity contribution in [1.29, 1.82) is 0 Å². The van der Waals surface area contributed by atoms with Crippen LogP contribution in [0.25, 0.3) is 21.5 Å².